The molecule has 140 valence electrons. The van der Waals surface area contributed by atoms with Crippen LogP contribution in [0.15, 0.2) is 17.6 Å². The molecule has 0 bridgehead atoms. The smallest absolute Gasteiger partial charge is 0.322 e. The Bertz CT molecular complexity index is 793. The van der Waals surface area contributed by atoms with E-state index in [9.17, 15) is 32.9 Å². The van der Waals surface area contributed by atoms with Crippen LogP contribution in [0.5, 0.6) is 0 Å². The van der Waals surface area contributed by atoms with E-state index in [1.807, 2.05) is 0 Å². The minimum Gasteiger partial charge on any atom is -0.465 e. The van der Waals surface area contributed by atoms with Crippen LogP contribution < -0.4 is 0 Å². The molecule has 0 saturated heterocycles. The Morgan fingerprint density at radius 2 is 1.92 bits per heavy atom. The second kappa shape index (κ2) is 8.88. The predicted octanol–water partition coefficient (Wildman–Crippen LogP) is 2.94. The van der Waals surface area contributed by atoms with Gasteiger partial charge in [-0.25, -0.2) is 8.78 Å². The number of rotatable bonds is 8. The summed E-state index contributed by atoms with van der Waals surface area (Å²) in [5.74, 6) is -9.93. The molecule has 0 aliphatic rings. The molecule has 0 N–H and O–H groups in total. The van der Waals surface area contributed by atoms with Gasteiger partial charge in [-0.3, -0.25) is 24.7 Å². The number of aliphatic imine (C=N–C) groups is 1. The molecule has 0 spiro atoms. The number of esters is 1. The maximum absolute atomic E-state index is 14.4. The molecule has 0 heterocycles. The summed E-state index contributed by atoms with van der Waals surface area (Å²) in [5, 5.41) is 11.1. The highest BCUT2D eigenvalue weighted by atomic mass is 19.2. The Kier molecular flexibility index (Phi) is 7.17. The van der Waals surface area contributed by atoms with Crippen molar-refractivity contribution in [2.45, 2.75) is 13.8 Å². The molecule has 7 nitrogen and oxygen atoms in total. The average molecular weight is 372 g/mol. The Hall–Kier alpha value is -3.04. The zero-order valence-electron chi connectivity index (χ0n) is 13.9. The Labute approximate surface area is 146 Å². The summed E-state index contributed by atoms with van der Waals surface area (Å²) in [6.45, 7) is 5.46. The molecule has 0 fully saturated rings. The Morgan fingerprint density at radius 3 is 2.42 bits per heavy atom. The van der Waals surface area contributed by atoms with E-state index in [4.69, 9.17) is 0 Å². The maximum Gasteiger partial charge on any atom is 0.322 e. The number of nitrogens with zero attached hydrogens (tertiary/aromatic N) is 2. The first-order valence-corrected chi connectivity index (χ1v) is 7.32. The molecule has 1 unspecified atom stereocenters. The van der Waals surface area contributed by atoms with Crippen molar-refractivity contribution in [1.82, 2.24) is 0 Å². The molecular weight excluding hydrogens is 357 g/mol. The third-order valence-electron chi connectivity index (χ3n) is 3.26. The van der Waals surface area contributed by atoms with Gasteiger partial charge in [-0.2, -0.15) is 4.39 Å². The van der Waals surface area contributed by atoms with Crippen LogP contribution in [0.4, 0.5) is 18.9 Å². The molecule has 1 rings (SSSR count). The van der Waals surface area contributed by atoms with Crippen molar-refractivity contribution < 1.29 is 32.4 Å². The van der Waals surface area contributed by atoms with Gasteiger partial charge >= 0.3 is 11.7 Å². The summed E-state index contributed by atoms with van der Waals surface area (Å²) in [4.78, 5) is 37.8. The van der Waals surface area contributed by atoms with E-state index in [1.54, 1.807) is 0 Å². The van der Waals surface area contributed by atoms with Crippen LogP contribution in [0.2, 0.25) is 0 Å². The molecule has 0 aromatic heterocycles. The molecule has 0 amide bonds. The summed E-state index contributed by atoms with van der Waals surface area (Å²) in [7, 11) is 0. The van der Waals surface area contributed by atoms with Crippen molar-refractivity contribution in [2.24, 2.45) is 10.9 Å². The van der Waals surface area contributed by atoms with Crippen molar-refractivity contribution in [3.63, 3.8) is 0 Å². The maximum atomic E-state index is 14.4. The first kappa shape index (κ1) is 21.0. The molecule has 1 atom stereocenters. The lowest BCUT2D eigenvalue weighted by atomic mass is 9.94. The van der Waals surface area contributed by atoms with Crippen molar-refractivity contribution >= 4 is 23.7 Å². The number of hydrogen-bond donors (Lipinski definition) is 0. The molecule has 26 heavy (non-hydrogen) atoms. The van der Waals surface area contributed by atoms with Crippen molar-refractivity contribution in [3.8, 4) is 0 Å². The third-order valence-corrected chi connectivity index (χ3v) is 3.26. The molecule has 0 radical (unpaired) electrons. The Morgan fingerprint density at radius 1 is 1.31 bits per heavy atom. The standard InChI is InChI=1S/C16H15F3N2O5/c1-4-6-20-7-9(16(23)26-5-2)15(22)10-11(17)8(3)12(18)13(19)14(10)21(24)25/h4,7,9H,1,5-6H2,2-3H3. The molecule has 0 saturated carbocycles. The molecule has 10 heteroatoms. The SMILES string of the molecule is C=CCN=CC(C(=O)OCC)C(=O)c1c(F)c(C)c(F)c(F)c1[N+](=O)[O-]. The predicted molar refractivity (Wildman–Crippen MR) is 85.7 cm³/mol. The molecule has 1 aromatic carbocycles. The van der Waals surface area contributed by atoms with Crippen LogP contribution in [0.3, 0.4) is 0 Å². The third kappa shape index (κ3) is 4.13. The first-order chi connectivity index (χ1) is 12.2. The number of Topliss-reactive ketones (excluding diaryl/α,β-unsaturated/α-hetero) is 1. The van der Waals surface area contributed by atoms with E-state index in [0.29, 0.717) is 0 Å². The largest absolute Gasteiger partial charge is 0.465 e. The van der Waals surface area contributed by atoms with Gasteiger partial charge < -0.3 is 4.74 Å². The second-order valence-corrected chi connectivity index (χ2v) is 4.94. The fourth-order valence-electron chi connectivity index (χ4n) is 2.03. The number of ether oxygens (including phenoxy) is 1. The van der Waals surface area contributed by atoms with Crippen LogP contribution in [0.1, 0.15) is 22.8 Å². The number of nitro benzene ring substituents is 1. The fraction of sp³-hybridized carbons (Fsp3) is 0.312. The molecule has 0 aliphatic carbocycles. The van der Waals surface area contributed by atoms with Crippen LogP contribution in [0, 0.1) is 40.4 Å². The van der Waals surface area contributed by atoms with Gasteiger partial charge in [0, 0.05) is 11.8 Å². The normalized spacial score (nSPS) is 12.0. The van der Waals surface area contributed by atoms with Gasteiger partial charge in [0.05, 0.1) is 18.1 Å². The molecular formula is C16H15F3N2O5. The van der Waals surface area contributed by atoms with Crippen LogP contribution in [-0.2, 0) is 9.53 Å². The van der Waals surface area contributed by atoms with E-state index in [1.165, 1.54) is 13.0 Å². The summed E-state index contributed by atoms with van der Waals surface area (Å²) < 4.78 is 46.6. The molecule has 0 aliphatic heterocycles. The summed E-state index contributed by atoms with van der Waals surface area (Å²) in [5.41, 5.74) is -3.97. The van der Waals surface area contributed by atoms with E-state index in [2.05, 4.69) is 16.3 Å². The lowest BCUT2D eigenvalue weighted by Gasteiger charge is -2.13. The lowest BCUT2D eigenvalue weighted by molar-refractivity contribution is -0.388. The topological polar surface area (TPSA) is 98.9 Å². The van der Waals surface area contributed by atoms with Gasteiger partial charge in [-0.15, -0.1) is 6.58 Å². The van der Waals surface area contributed by atoms with Gasteiger partial charge in [-0.1, -0.05) is 6.08 Å². The lowest BCUT2D eigenvalue weighted by Crippen LogP contribution is -2.29. The van der Waals surface area contributed by atoms with E-state index >= 15 is 0 Å². The minimum atomic E-state index is -2.00. The van der Waals surface area contributed by atoms with Crippen LogP contribution in [-0.4, -0.2) is 36.0 Å². The average Bonchev–Trinajstić information content (AvgIpc) is 2.59. The molecule has 1 aromatic rings. The highest BCUT2D eigenvalue weighted by Gasteiger charge is 2.39. The summed E-state index contributed by atoms with van der Waals surface area (Å²) in [6.07, 6.45) is 2.12. The summed E-state index contributed by atoms with van der Waals surface area (Å²) in [6, 6.07) is 0. The highest BCUT2D eigenvalue weighted by molar-refractivity contribution is 6.20. The van der Waals surface area contributed by atoms with Gasteiger partial charge in [0.25, 0.3) is 0 Å². The second-order valence-electron chi connectivity index (χ2n) is 4.94. The number of hydrogen-bond acceptors (Lipinski definition) is 6. The Balaban J connectivity index is 3.63. The van der Waals surface area contributed by atoms with Gasteiger partial charge in [0.15, 0.2) is 17.5 Å². The first-order valence-electron chi connectivity index (χ1n) is 7.32. The van der Waals surface area contributed by atoms with E-state index in [-0.39, 0.29) is 13.2 Å². The van der Waals surface area contributed by atoms with E-state index in [0.717, 1.165) is 13.1 Å². The monoisotopic (exact) mass is 372 g/mol. The number of nitro groups is 1. The number of halogens is 3. The van der Waals surface area contributed by atoms with Crippen molar-refractivity contribution in [3.05, 3.63) is 51.3 Å². The van der Waals surface area contributed by atoms with Gasteiger partial charge in [0.1, 0.15) is 11.4 Å². The van der Waals surface area contributed by atoms with Gasteiger partial charge in [-0.05, 0) is 13.8 Å². The van der Waals surface area contributed by atoms with Gasteiger partial charge in [0.2, 0.25) is 5.82 Å². The summed E-state index contributed by atoms with van der Waals surface area (Å²) >= 11 is 0. The minimum absolute atomic E-state index is 0.00936. The number of carbonyl (C=O) groups is 2. The van der Waals surface area contributed by atoms with Crippen LogP contribution in [0.25, 0.3) is 0 Å². The number of ketones is 1. The number of carbonyl (C=O) groups excluding carboxylic acids is 2. The zero-order chi connectivity index (χ0) is 20.0. The highest BCUT2D eigenvalue weighted by Crippen LogP contribution is 2.32. The fourth-order valence-corrected chi connectivity index (χ4v) is 2.03. The zero-order valence-corrected chi connectivity index (χ0v) is 13.9. The quantitative estimate of drug-likeness (QED) is 0.102. The van der Waals surface area contributed by atoms with E-state index < -0.39 is 56.9 Å². The van der Waals surface area contributed by atoms with Crippen molar-refractivity contribution in [2.75, 3.05) is 13.2 Å². The van der Waals surface area contributed by atoms with Crippen LogP contribution >= 0.6 is 0 Å². The van der Waals surface area contributed by atoms with Crippen molar-refractivity contribution in [1.29, 1.82) is 0 Å². The number of benzene rings is 1.